The lowest BCUT2D eigenvalue weighted by Gasteiger charge is -2.21. The van der Waals surface area contributed by atoms with Gasteiger partial charge in [0.2, 0.25) is 11.8 Å². The van der Waals surface area contributed by atoms with Crippen LogP contribution in [0.1, 0.15) is 36.0 Å². The van der Waals surface area contributed by atoms with Crippen LogP contribution >= 0.6 is 0 Å². The van der Waals surface area contributed by atoms with Crippen LogP contribution in [0.25, 0.3) is 11.5 Å². The van der Waals surface area contributed by atoms with Gasteiger partial charge in [-0.25, -0.2) is 0 Å². The number of nitrogens with one attached hydrogen (secondary N) is 1. The van der Waals surface area contributed by atoms with Crippen LogP contribution in [0.4, 0.5) is 0 Å². The van der Waals surface area contributed by atoms with Gasteiger partial charge in [-0.05, 0) is 30.7 Å². The summed E-state index contributed by atoms with van der Waals surface area (Å²) in [4.78, 5) is 0. The Hall–Kier alpha value is -3.18. The van der Waals surface area contributed by atoms with E-state index in [1.165, 1.54) is 0 Å². The van der Waals surface area contributed by atoms with E-state index in [1.54, 1.807) is 12.5 Å². The molecule has 0 fully saturated rings. The molecule has 0 saturated carbocycles. The van der Waals surface area contributed by atoms with Crippen molar-refractivity contribution in [3.8, 4) is 11.5 Å². The SMILES string of the molecule is C[C@H](N[C@@H](c1ccccc1)c1ccoc1)c1nnc(-c2ccccc2)o1. The highest BCUT2D eigenvalue weighted by atomic mass is 16.4. The lowest BCUT2D eigenvalue weighted by atomic mass is 10.0. The summed E-state index contributed by atoms with van der Waals surface area (Å²) in [5, 5.41) is 12.0. The van der Waals surface area contributed by atoms with Crippen molar-refractivity contribution in [2.24, 2.45) is 0 Å². The van der Waals surface area contributed by atoms with E-state index in [4.69, 9.17) is 8.83 Å². The van der Waals surface area contributed by atoms with Crippen LogP contribution in [0, 0.1) is 0 Å². The van der Waals surface area contributed by atoms with E-state index in [-0.39, 0.29) is 12.1 Å². The van der Waals surface area contributed by atoms with Crippen molar-refractivity contribution in [2.75, 3.05) is 0 Å². The summed E-state index contributed by atoms with van der Waals surface area (Å²) in [6.07, 6.45) is 3.43. The number of benzene rings is 2. The smallest absolute Gasteiger partial charge is 0.247 e. The average molecular weight is 345 g/mol. The third-order valence-electron chi connectivity index (χ3n) is 4.26. The molecule has 26 heavy (non-hydrogen) atoms. The molecule has 0 spiro atoms. The molecular formula is C21H19N3O2. The largest absolute Gasteiger partial charge is 0.472 e. The van der Waals surface area contributed by atoms with Gasteiger partial charge in [0.15, 0.2) is 0 Å². The standard InChI is InChI=1S/C21H19N3O2/c1-15(20-23-24-21(26-20)17-10-6-3-7-11-17)22-19(18-12-13-25-14-18)16-8-4-2-5-9-16/h2-15,19,22H,1H3/t15-,19-/m0/s1. The van der Waals surface area contributed by atoms with Gasteiger partial charge in [-0.15, -0.1) is 10.2 Å². The number of hydrogen-bond acceptors (Lipinski definition) is 5. The first kappa shape index (κ1) is 16.3. The molecule has 0 aliphatic carbocycles. The molecule has 0 radical (unpaired) electrons. The minimum Gasteiger partial charge on any atom is -0.472 e. The molecule has 2 atom stereocenters. The second-order valence-electron chi connectivity index (χ2n) is 6.10. The number of nitrogens with zero attached hydrogens (tertiary/aromatic N) is 2. The maximum Gasteiger partial charge on any atom is 0.247 e. The molecule has 0 saturated heterocycles. The Morgan fingerprint density at radius 1 is 0.846 bits per heavy atom. The Morgan fingerprint density at radius 3 is 2.27 bits per heavy atom. The summed E-state index contributed by atoms with van der Waals surface area (Å²) in [5.41, 5.74) is 3.10. The maximum atomic E-state index is 5.88. The van der Waals surface area contributed by atoms with Crippen molar-refractivity contribution in [3.63, 3.8) is 0 Å². The van der Waals surface area contributed by atoms with Crippen LogP contribution in [0.3, 0.4) is 0 Å². The van der Waals surface area contributed by atoms with Crippen molar-refractivity contribution >= 4 is 0 Å². The Kier molecular flexibility index (Phi) is 4.62. The molecule has 2 heterocycles. The first-order valence-electron chi connectivity index (χ1n) is 8.53. The maximum absolute atomic E-state index is 5.88. The van der Waals surface area contributed by atoms with Gasteiger partial charge in [-0.2, -0.15) is 0 Å². The topological polar surface area (TPSA) is 64.1 Å². The molecule has 1 N–H and O–H groups in total. The van der Waals surface area contributed by atoms with E-state index in [2.05, 4.69) is 27.6 Å². The number of hydrogen-bond donors (Lipinski definition) is 1. The molecule has 0 aliphatic rings. The van der Waals surface area contributed by atoms with Gasteiger partial charge in [0.1, 0.15) is 0 Å². The zero-order valence-corrected chi connectivity index (χ0v) is 14.4. The second-order valence-corrected chi connectivity index (χ2v) is 6.10. The zero-order chi connectivity index (χ0) is 17.8. The zero-order valence-electron chi connectivity index (χ0n) is 14.4. The van der Waals surface area contributed by atoms with Crippen molar-refractivity contribution in [1.29, 1.82) is 0 Å². The minimum absolute atomic E-state index is 0.0305. The van der Waals surface area contributed by atoms with Crippen molar-refractivity contribution in [3.05, 3.63) is 96.3 Å². The average Bonchev–Trinajstić information content (AvgIpc) is 3.39. The Bertz CT molecular complexity index is 934. The van der Waals surface area contributed by atoms with E-state index < -0.39 is 0 Å². The number of furan rings is 1. The number of rotatable bonds is 6. The summed E-state index contributed by atoms with van der Waals surface area (Å²) in [6, 6.07) is 21.8. The molecule has 5 nitrogen and oxygen atoms in total. The van der Waals surface area contributed by atoms with Gasteiger partial charge in [0.05, 0.1) is 24.6 Å². The number of aromatic nitrogens is 2. The predicted octanol–water partition coefficient (Wildman–Crippen LogP) is 4.77. The summed E-state index contributed by atoms with van der Waals surface area (Å²) in [7, 11) is 0. The quantitative estimate of drug-likeness (QED) is 0.545. The van der Waals surface area contributed by atoms with Crippen molar-refractivity contribution in [1.82, 2.24) is 15.5 Å². The highest BCUT2D eigenvalue weighted by Crippen LogP contribution is 2.27. The van der Waals surface area contributed by atoms with Crippen LogP contribution in [0.2, 0.25) is 0 Å². The van der Waals surface area contributed by atoms with Crippen molar-refractivity contribution in [2.45, 2.75) is 19.0 Å². The fourth-order valence-corrected chi connectivity index (χ4v) is 2.90. The molecule has 5 heteroatoms. The molecule has 4 aromatic rings. The molecule has 0 aliphatic heterocycles. The van der Waals surface area contributed by atoms with Gasteiger partial charge in [-0.3, -0.25) is 5.32 Å². The lowest BCUT2D eigenvalue weighted by Crippen LogP contribution is -2.25. The van der Waals surface area contributed by atoms with Gasteiger partial charge < -0.3 is 8.83 Å². The Labute approximate surface area is 151 Å². The van der Waals surface area contributed by atoms with Gasteiger partial charge in [0.25, 0.3) is 0 Å². The molecule has 0 bridgehead atoms. The monoisotopic (exact) mass is 345 g/mol. The van der Waals surface area contributed by atoms with Crippen molar-refractivity contribution < 1.29 is 8.83 Å². The lowest BCUT2D eigenvalue weighted by molar-refractivity contribution is 0.402. The Balaban J connectivity index is 1.57. The fraction of sp³-hybridized carbons (Fsp3) is 0.143. The summed E-state index contributed by atoms with van der Waals surface area (Å²) in [6.45, 7) is 2.01. The molecule has 2 aromatic carbocycles. The third kappa shape index (κ3) is 3.43. The third-order valence-corrected chi connectivity index (χ3v) is 4.26. The minimum atomic E-state index is -0.125. The van der Waals surface area contributed by atoms with Gasteiger partial charge in [-0.1, -0.05) is 48.5 Å². The second kappa shape index (κ2) is 7.37. The molecule has 130 valence electrons. The van der Waals surface area contributed by atoms with E-state index in [9.17, 15) is 0 Å². The van der Waals surface area contributed by atoms with Crippen LogP contribution in [0.15, 0.2) is 88.1 Å². The van der Waals surface area contributed by atoms with E-state index in [0.29, 0.717) is 11.8 Å². The van der Waals surface area contributed by atoms with Crippen LogP contribution in [0.5, 0.6) is 0 Å². The normalized spacial score (nSPS) is 13.4. The van der Waals surface area contributed by atoms with Crippen LogP contribution in [-0.4, -0.2) is 10.2 Å². The highest BCUT2D eigenvalue weighted by molar-refractivity contribution is 5.51. The molecule has 2 aromatic heterocycles. The first-order valence-corrected chi connectivity index (χ1v) is 8.53. The van der Waals surface area contributed by atoms with Gasteiger partial charge >= 0.3 is 0 Å². The summed E-state index contributed by atoms with van der Waals surface area (Å²) < 4.78 is 11.2. The van der Waals surface area contributed by atoms with E-state index in [1.807, 2.05) is 61.5 Å². The summed E-state index contributed by atoms with van der Waals surface area (Å²) in [5.74, 6) is 1.07. The molecule has 0 amide bonds. The van der Waals surface area contributed by atoms with E-state index >= 15 is 0 Å². The molecule has 0 unspecified atom stereocenters. The van der Waals surface area contributed by atoms with Crippen LogP contribution < -0.4 is 5.32 Å². The Morgan fingerprint density at radius 2 is 1.58 bits per heavy atom. The van der Waals surface area contributed by atoms with E-state index in [0.717, 1.165) is 16.7 Å². The fourth-order valence-electron chi connectivity index (χ4n) is 2.90. The predicted molar refractivity (Wildman–Crippen MR) is 98.3 cm³/mol. The summed E-state index contributed by atoms with van der Waals surface area (Å²) >= 11 is 0. The molecular weight excluding hydrogens is 326 g/mol. The molecule has 4 rings (SSSR count). The first-order chi connectivity index (χ1) is 12.8. The van der Waals surface area contributed by atoms with Crippen LogP contribution in [-0.2, 0) is 0 Å². The van der Waals surface area contributed by atoms with Gasteiger partial charge in [0, 0.05) is 11.1 Å². The highest BCUT2D eigenvalue weighted by Gasteiger charge is 2.22.